The highest BCUT2D eigenvalue weighted by molar-refractivity contribution is 7.10. The number of ether oxygens (including phenoxy) is 1. The Kier molecular flexibility index (Phi) is 6.19. The van der Waals surface area contributed by atoms with Crippen molar-refractivity contribution < 1.29 is 19.4 Å². The number of hydrogen-bond donors (Lipinski definition) is 1. The molecule has 1 aromatic carbocycles. The molecule has 1 aromatic heterocycles. The minimum Gasteiger partial charge on any atom is -0.507 e. The molecule has 1 aliphatic carbocycles. The van der Waals surface area contributed by atoms with Gasteiger partial charge in [-0.25, -0.2) is 0 Å². The average Bonchev–Trinajstić information content (AvgIpc) is 3.48. The topological polar surface area (TPSA) is 66.8 Å². The number of likely N-dealkylation sites (tertiary alicyclic amines) is 1. The molecule has 0 bridgehead atoms. The molecule has 6 heteroatoms. The Bertz CT molecular complexity index is 1000. The third kappa shape index (κ3) is 4.13. The van der Waals surface area contributed by atoms with Gasteiger partial charge in [-0.05, 0) is 60.9 Å². The molecule has 2 fully saturated rings. The lowest BCUT2D eigenvalue weighted by Crippen LogP contribution is -2.37. The van der Waals surface area contributed by atoms with E-state index in [0.29, 0.717) is 18.1 Å². The third-order valence-corrected chi connectivity index (χ3v) is 6.96. The van der Waals surface area contributed by atoms with Crippen molar-refractivity contribution in [2.75, 3.05) is 6.61 Å². The van der Waals surface area contributed by atoms with Gasteiger partial charge in [-0.3, -0.25) is 9.59 Å². The molecule has 1 aliphatic heterocycles. The molecule has 1 amide bonds. The Morgan fingerprint density at radius 2 is 1.97 bits per heavy atom. The number of nitrogens with zero attached hydrogens (tertiary/aromatic N) is 1. The summed E-state index contributed by atoms with van der Waals surface area (Å²) in [5.41, 5.74) is 1.59. The van der Waals surface area contributed by atoms with Crippen molar-refractivity contribution in [3.05, 3.63) is 57.3 Å². The number of benzene rings is 1. The Balaban J connectivity index is 1.75. The van der Waals surface area contributed by atoms with Gasteiger partial charge >= 0.3 is 0 Å². The zero-order valence-corrected chi connectivity index (χ0v) is 19.1. The van der Waals surface area contributed by atoms with Gasteiger partial charge in [0.1, 0.15) is 11.5 Å². The van der Waals surface area contributed by atoms with E-state index in [1.165, 1.54) is 11.3 Å². The van der Waals surface area contributed by atoms with Crippen LogP contribution < -0.4 is 4.74 Å². The number of rotatable bonds is 6. The maximum Gasteiger partial charge on any atom is 0.295 e. The van der Waals surface area contributed by atoms with Crippen LogP contribution in [0, 0.1) is 12.8 Å². The molecule has 1 unspecified atom stereocenters. The summed E-state index contributed by atoms with van der Waals surface area (Å²) >= 11 is 1.51. The molecule has 164 valence electrons. The lowest BCUT2D eigenvalue weighted by atomic mass is 9.98. The molecule has 2 heterocycles. The number of Topliss-reactive ketones (excluding diaryl/α,β-unsaturated/α-hetero) is 1. The van der Waals surface area contributed by atoms with Gasteiger partial charge in [0.25, 0.3) is 11.7 Å². The average molecular weight is 440 g/mol. The zero-order valence-electron chi connectivity index (χ0n) is 18.3. The number of thiophene rings is 1. The van der Waals surface area contributed by atoms with E-state index < -0.39 is 17.7 Å². The second-order valence-corrected chi connectivity index (χ2v) is 9.82. The van der Waals surface area contributed by atoms with E-state index >= 15 is 0 Å². The fraction of sp³-hybridized carbons (Fsp3) is 0.440. The smallest absolute Gasteiger partial charge is 0.295 e. The van der Waals surface area contributed by atoms with E-state index in [9.17, 15) is 14.7 Å². The monoisotopic (exact) mass is 439 g/mol. The number of carbonyl (C=O) groups is 2. The lowest BCUT2D eigenvalue weighted by molar-refractivity contribution is -0.141. The minimum atomic E-state index is -0.597. The van der Waals surface area contributed by atoms with Gasteiger partial charge < -0.3 is 14.7 Å². The predicted molar refractivity (Wildman–Crippen MR) is 122 cm³/mol. The molecule has 5 nitrogen and oxygen atoms in total. The molecular formula is C25H29NO4S. The molecule has 1 saturated heterocycles. The summed E-state index contributed by atoms with van der Waals surface area (Å²) in [6, 6.07) is 8.76. The number of aryl methyl sites for hydroxylation is 1. The van der Waals surface area contributed by atoms with Gasteiger partial charge in [0.05, 0.1) is 18.2 Å². The highest BCUT2D eigenvalue weighted by atomic mass is 32.1. The van der Waals surface area contributed by atoms with E-state index in [1.807, 2.05) is 36.6 Å². The van der Waals surface area contributed by atoms with E-state index in [4.69, 9.17) is 4.74 Å². The Labute approximate surface area is 187 Å². The van der Waals surface area contributed by atoms with E-state index in [2.05, 4.69) is 13.8 Å². The van der Waals surface area contributed by atoms with Crippen molar-refractivity contribution >= 4 is 28.8 Å². The van der Waals surface area contributed by atoms with Gasteiger partial charge in [0.2, 0.25) is 0 Å². The van der Waals surface area contributed by atoms with Gasteiger partial charge in [-0.1, -0.05) is 32.8 Å². The van der Waals surface area contributed by atoms with Crippen molar-refractivity contribution in [3.8, 4) is 5.75 Å². The molecule has 1 atom stereocenters. The van der Waals surface area contributed by atoms with Crippen LogP contribution in [0.15, 0.2) is 41.3 Å². The van der Waals surface area contributed by atoms with Gasteiger partial charge in [-0.2, -0.15) is 0 Å². The lowest BCUT2D eigenvalue weighted by Gasteiger charge is -2.29. The minimum absolute atomic E-state index is 0.0439. The van der Waals surface area contributed by atoms with Crippen LogP contribution in [0.3, 0.4) is 0 Å². The molecule has 2 aliphatic rings. The maximum atomic E-state index is 13.1. The van der Waals surface area contributed by atoms with Crippen LogP contribution >= 0.6 is 11.3 Å². The summed E-state index contributed by atoms with van der Waals surface area (Å²) in [7, 11) is 0. The summed E-state index contributed by atoms with van der Waals surface area (Å²) in [5, 5.41) is 13.2. The SMILES string of the molecule is Cc1cc(/C(O)=C2/C(=O)C(=O)N(C3CCCC3)C2c2cccs2)ccc1OCC(C)C. The Morgan fingerprint density at radius 1 is 1.23 bits per heavy atom. The number of aliphatic hydroxyl groups excluding tert-OH is 1. The first-order valence-electron chi connectivity index (χ1n) is 11.0. The van der Waals surface area contributed by atoms with Crippen molar-refractivity contribution in [1.82, 2.24) is 4.90 Å². The van der Waals surface area contributed by atoms with E-state index in [1.54, 1.807) is 11.0 Å². The maximum absolute atomic E-state index is 13.1. The Hall–Kier alpha value is -2.60. The molecule has 1 saturated carbocycles. The van der Waals surface area contributed by atoms with Crippen LogP contribution in [0.25, 0.3) is 5.76 Å². The van der Waals surface area contributed by atoms with Crippen molar-refractivity contribution in [1.29, 1.82) is 0 Å². The quantitative estimate of drug-likeness (QED) is 0.369. The molecule has 1 N–H and O–H groups in total. The van der Waals surface area contributed by atoms with Gasteiger partial charge in [-0.15, -0.1) is 11.3 Å². The molecule has 31 heavy (non-hydrogen) atoms. The van der Waals surface area contributed by atoms with Crippen LogP contribution in [0.5, 0.6) is 5.75 Å². The number of hydrogen-bond acceptors (Lipinski definition) is 5. The fourth-order valence-electron chi connectivity index (χ4n) is 4.51. The second-order valence-electron chi connectivity index (χ2n) is 8.85. The highest BCUT2D eigenvalue weighted by Crippen LogP contribution is 2.44. The molecule has 2 aromatic rings. The van der Waals surface area contributed by atoms with Crippen LogP contribution in [-0.4, -0.2) is 34.3 Å². The number of aliphatic hydroxyl groups is 1. The number of carbonyl (C=O) groups excluding carboxylic acids is 2. The number of amides is 1. The van der Waals surface area contributed by atoms with Crippen molar-refractivity contribution in [2.45, 2.75) is 58.5 Å². The van der Waals surface area contributed by atoms with Crippen LogP contribution in [0.4, 0.5) is 0 Å². The van der Waals surface area contributed by atoms with E-state index in [0.717, 1.165) is 41.9 Å². The summed E-state index contributed by atoms with van der Waals surface area (Å²) in [4.78, 5) is 28.7. The van der Waals surface area contributed by atoms with Gasteiger partial charge in [0.15, 0.2) is 0 Å². The first-order chi connectivity index (χ1) is 14.9. The molecule has 4 rings (SSSR count). The van der Waals surface area contributed by atoms with E-state index in [-0.39, 0.29) is 17.4 Å². The first-order valence-corrected chi connectivity index (χ1v) is 11.8. The van der Waals surface area contributed by atoms with Gasteiger partial charge in [0, 0.05) is 16.5 Å². The predicted octanol–water partition coefficient (Wildman–Crippen LogP) is 5.46. The summed E-state index contributed by atoms with van der Waals surface area (Å²) in [6.45, 7) is 6.70. The second kappa shape index (κ2) is 8.87. The Morgan fingerprint density at radius 3 is 2.58 bits per heavy atom. The molecular weight excluding hydrogens is 410 g/mol. The standard InChI is InChI=1S/C25H29NO4S/c1-15(2)14-30-19-11-10-17(13-16(19)3)23(27)21-22(20-9-6-12-31-20)26(25(29)24(21)28)18-7-4-5-8-18/h6,9-13,15,18,22,27H,4-5,7-8,14H2,1-3H3/b23-21-. The van der Waals surface area contributed by atoms with Crippen molar-refractivity contribution in [3.63, 3.8) is 0 Å². The molecule has 0 radical (unpaired) electrons. The first kappa shape index (κ1) is 21.6. The fourth-order valence-corrected chi connectivity index (χ4v) is 5.34. The van der Waals surface area contributed by atoms with Crippen LogP contribution in [0.1, 0.15) is 61.6 Å². The van der Waals surface area contributed by atoms with Crippen LogP contribution in [-0.2, 0) is 9.59 Å². The normalized spacial score (nSPS) is 21.4. The highest BCUT2D eigenvalue weighted by Gasteiger charge is 2.49. The third-order valence-electron chi connectivity index (χ3n) is 6.03. The van der Waals surface area contributed by atoms with Crippen molar-refractivity contribution in [2.24, 2.45) is 5.92 Å². The zero-order chi connectivity index (χ0) is 22.1. The summed E-state index contributed by atoms with van der Waals surface area (Å²) in [6.07, 6.45) is 3.91. The number of ketones is 1. The summed E-state index contributed by atoms with van der Waals surface area (Å²) in [5.74, 6) is -0.0480. The van der Waals surface area contributed by atoms with Crippen LogP contribution in [0.2, 0.25) is 0 Å². The largest absolute Gasteiger partial charge is 0.507 e. The molecule has 0 spiro atoms. The summed E-state index contributed by atoms with van der Waals surface area (Å²) < 4.78 is 5.84.